The molecule has 1 N–H and O–H groups in total. The fourth-order valence-corrected chi connectivity index (χ4v) is 2.79. The first-order valence-corrected chi connectivity index (χ1v) is 7.79. The van der Waals surface area contributed by atoms with E-state index in [4.69, 9.17) is 9.40 Å². The van der Waals surface area contributed by atoms with E-state index >= 15 is 0 Å². The number of aromatic nitrogens is 2. The molecule has 23 heavy (non-hydrogen) atoms. The van der Waals surface area contributed by atoms with Gasteiger partial charge in [-0.15, -0.1) is 0 Å². The Labute approximate surface area is 134 Å². The van der Waals surface area contributed by atoms with Gasteiger partial charge in [-0.1, -0.05) is 24.8 Å². The first-order valence-electron chi connectivity index (χ1n) is 7.79. The van der Waals surface area contributed by atoms with E-state index in [1.165, 1.54) is 0 Å². The van der Waals surface area contributed by atoms with Gasteiger partial charge in [0, 0.05) is 26.2 Å². The maximum Gasteiger partial charge on any atom is 0.246 e. The minimum Gasteiger partial charge on any atom is -0.435 e. The molecule has 0 atom stereocenters. The van der Waals surface area contributed by atoms with Gasteiger partial charge in [0.05, 0.1) is 11.4 Å². The minimum absolute atomic E-state index is 0.543. The van der Waals surface area contributed by atoms with E-state index in [1.54, 1.807) is 0 Å². The molecule has 5 nitrogen and oxygen atoms in total. The summed E-state index contributed by atoms with van der Waals surface area (Å²) in [5, 5.41) is 3.34. The number of oxazole rings is 1. The van der Waals surface area contributed by atoms with Crippen molar-refractivity contribution < 1.29 is 4.42 Å². The summed E-state index contributed by atoms with van der Waals surface area (Å²) in [6.45, 7) is 8.07. The van der Waals surface area contributed by atoms with Crippen LogP contribution >= 0.6 is 0 Å². The Balaban J connectivity index is 1.66. The molecule has 1 saturated heterocycles. The molecule has 1 aliphatic heterocycles. The number of para-hydroxylation sites is 2. The van der Waals surface area contributed by atoms with E-state index in [9.17, 15) is 0 Å². The largest absolute Gasteiger partial charge is 0.435 e. The summed E-state index contributed by atoms with van der Waals surface area (Å²) in [7, 11) is 0. The lowest BCUT2D eigenvalue weighted by molar-refractivity contribution is 0.340. The number of nitrogens with one attached hydrogen (secondary N) is 1. The highest BCUT2D eigenvalue weighted by atomic mass is 16.3. The highest BCUT2D eigenvalue weighted by Crippen LogP contribution is 2.24. The molecule has 3 heterocycles. The molecule has 2 aromatic heterocycles. The summed E-state index contributed by atoms with van der Waals surface area (Å²) in [5.74, 6) is 0.543. The summed E-state index contributed by atoms with van der Waals surface area (Å²) in [6.07, 6.45) is 0. The zero-order valence-electron chi connectivity index (χ0n) is 12.8. The smallest absolute Gasteiger partial charge is 0.246 e. The Bertz CT molecular complexity index is 816. The molecule has 0 aliphatic carbocycles. The Morgan fingerprint density at radius 2 is 1.87 bits per heavy atom. The predicted molar refractivity (Wildman–Crippen MR) is 90.7 cm³/mol. The van der Waals surface area contributed by atoms with Crippen LogP contribution in [-0.2, 0) is 0 Å². The summed E-state index contributed by atoms with van der Waals surface area (Å²) in [4.78, 5) is 11.5. The van der Waals surface area contributed by atoms with Gasteiger partial charge in [0.1, 0.15) is 11.2 Å². The topological polar surface area (TPSA) is 54.2 Å². The fraction of sp³-hybridized carbons (Fsp3) is 0.222. The van der Waals surface area contributed by atoms with Crippen molar-refractivity contribution in [2.75, 3.05) is 26.2 Å². The first-order chi connectivity index (χ1) is 11.3. The quantitative estimate of drug-likeness (QED) is 0.806. The van der Waals surface area contributed by atoms with E-state index in [0.717, 1.165) is 54.4 Å². The van der Waals surface area contributed by atoms with Crippen LogP contribution in [0.5, 0.6) is 0 Å². The van der Waals surface area contributed by atoms with Crippen LogP contribution in [-0.4, -0.2) is 41.0 Å². The molecule has 5 heteroatoms. The van der Waals surface area contributed by atoms with E-state index in [0.29, 0.717) is 5.89 Å². The molecule has 1 aliphatic rings. The van der Waals surface area contributed by atoms with Crippen molar-refractivity contribution in [3.05, 3.63) is 54.7 Å². The molecular formula is C18H18N4O. The van der Waals surface area contributed by atoms with Crippen molar-refractivity contribution in [2.45, 2.75) is 0 Å². The van der Waals surface area contributed by atoms with E-state index in [-0.39, 0.29) is 0 Å². The maximum atomic E-state index is 5.81. The van der Waals surface area contributed by atoms with E-state index < -0.39 is 0 Å². The van der Waals surface area contributed by atoms with Gasteiger partial charge in [-0.3, -0.25) is 0 Å². The normalized spacial score (nSPS) is 15.0. The summed E-state index contributed by atoms with van der Waals surface area (Å²) < 4.78 is 5.81. The maximum absolute atomic E-state index is 5.81. The molecule has 0 spiro atoms. The van der Waals surface area contributed by atoms with Gasteiger partial charge in [-0.05, 0) is 24.3 Å². The monoisotopic (exact) mass is 306 g/mol. The molecule has 0 bridgehead atoms. The SMILES string of the molecule is C=C(c1cccc(-c2nc3ccccc3o2)n1)N1CCNCC1. The molecule has 116 valence electrons. The van der Waals surface area contributed by atoms with Gasteiger partial charge >= 0.3 is 0 Å². The zero-order chi connectivity index (χ0) is 15.6. The van der Waals surface area contributed by atoms with Crippen LogP contribution < -0.4 is 5.32 Å². The van der Waals surface area contributed by atoms with E-state index in [1.807, 2.05) is 42.5 Å². The Kier molecular flexibility index (Phi) is 3.55. The lowest BCUT2D eigenvalue weighted by atomic mass is 10.2. The molecule has 1 aromatic carbocycles. The second-order valence-electron chi connectivity index (χ2n) is 5.58. The molecule has 0 saturated carbocycles. The number of nitrogens with zero attached hydrogens (tertiary/aromatic N) is 3. The van der Waals surface area contributed by atoms with Crippen molar-refractivity contribution in [1.29, 1.82) is 0 Å². The number of rotatable bonds is 3. The molecule has 3 aromatic rings. The predicted octanol–water partition coefficient (Wildman–Crippen LogP) is 2.77. The van der Waals surface area contributed by atoms with Gasteiger partial charge in [0.2, 0.25) is 5.89 Å². The van der Waals surface area contributed by atoms with Crippen LogP contribution in [0, 0.1) is 0 Å². The fourth-order valence-electron chi connectivity index (χ4n) is 2.79. The third-order valence-corrected chi connectivity index (χ3v) is 4.06. The molecule has 0 amide bonds. The lowest BCUT2D eigenvalue weighted by Crippen LogP contribution is -2.42. The van der Waals surface area contributed by atoms with Crippen molar-refractivity contribution >= 4 is 16.8 Å². The van der Waals surface area contributed by atoms with Crippen LogP contribution in [0.2, 0.25) is 0 Å². The number of piperazine rings is 1. The van der Waals surface area contributed by atoms with Crippen molar-refractivity contribution in [2.24, 2.45) is 0 Å². The van der Waals surface area contributed by atoms with Gasteiger partial charge in [0.25, 0.3) is 0 Å². The summed E-state index contributed by atoms with van der Waals surface area (Å²) in [6, 6.07) is 13.6. The zero-order valence-corrected chi connectivity index (χ0v) is 12.8. The molecule has 0 unspecified atom stereocenters. The van der Waals surface area contributed by atoms with Crippen LogP contribution in [0.1, 0.15) is 5.69 Å². The summed E-state index contributed by atoms with van der Waals surface area (Å²) >= 11 is 0. The highest BCUT2D eigenvalue weighted by molar-refractivity contribution is 5.75. The van der Waals surface area contributed by atoms with Crippen molar-refractivity contribution in [1.82, 2.24) is 20.2 Å². The second kappa shape index (κ2) is 5.85. The van der Waals surface area contributed by atoms with Crippen LogP contribution in [0.3, 0.4) is 0 Å². The second-order valence-corrected chi connectivity index (χ2v) is 5.58. The van der Waals surface area contributed by atoms with Gasteiger partial charge in [-0.25, -0.2) is 9.97 Å². The Hall–Kier alpha value is -2.66. The average Bonchev–Trinajstić information content (AvgIpc) is 3.06. The van der Waals surface area contributed by atoms with Gasteiger partial charge < -0.3 is 14.6 Å². The van der Waals surface area contributed by atoms with Crippen molar-refractivity contribution in [3.63, 3.8) is 0 Å². The van der Waals surface area contributed by atoms with Crippen LogP contribution in [0.25, 0.3) is 28.4 Å². The molecule has 0 radical (unpaired) electrons. The van der Waals surface area contributed by atoms with E-state index in [2.05, 4.69) is 21.8 Å². The van der Waals surface area contributed by atoms with Crippen LogP contribution in [0.4, 0.5) is 0 Å². The molecular weight excluding hydrogens is 288 g/mol. The third kappa shape index (κ3) is 2.71. The Morgan fingerprint density at radius 1 is 1.04 bits per heavy atom. The first kappa shape index (κ1) is 14.0. The number of pyridine rings is 1. The van der Waals surface area contributed by atoms with Crippen molar-refractivity contribution in [3.8, 4) is 11.6 Å². The minimum atomic E-state index is 0.543. The standard InChI is InChI=1S/C18H18N4O/c1-13(22-11-9-19-10-12-22)14-6-4-7-16(20-14)18-21-15-5-2-3-8-17(15)23-18/h2-8,19H,1,9-12H2. The van der Waals surface area contributed by atoms with Gasteiger partial charge in [0.15, 0.2) is 5.58 Å². The van der Waals surface area contributed by atoms with Crippen LogP contribution in [0.15, 0.2) is 53.5 Å². The molecule has 1 fully saturated rings. The Morgan fingerprint density at radius 3 is 2.70 bits per heavy atom. The third-order valence-electron chi connectivity index (χ3n) is 4.06. The average molecular weight is 306 g/mol. The number of hydrogen-bond acceptors (Lipinski definition) is 5. The number of fused-ring (bicyclic) bond motifs is 1. The molecule has 4 rings (SSSR count). The number of benzene rings is 1. The number of hydrogen-bond donors (Lipinski definition) is 1. The lowest BCUT2D eigenvalue weighted by Gasteiger charge is -2.30. The van der Waals surface area contributed by atoms with Gasteiger partial charge in [-0.2, -0.15) is 0 Å². The summed E-state index contributed by atoms with van der Waals surface area (Å²) in [5.41, 5.74) is 4.16. The highest BCUT2D eigenvalue weighted by Gasteiger charge is 2.15.